The number of carbonyl (C=O) groups excluding carboxylic acids is 3. The third-order valence-electron chi connectivity index (χ3n) is 4.63. The maximum Gasteiger partial charge on any atom is 0.276 e. The number of hydrogen-bond donors (Lipinski definition) is 3. The molecule has 0 spiro atoms. The Labute approximate surface area is 175 Å². The van der Waals surface area contributed by atoms with Gasteiger partial charge in [-0.25, -0.2) is 0 Å². The molecule has 2 aromatic carbocycles. The lowest BCUT2D eigenvalue weighted by molar-refractivity contribution is -0.136. The summed E-state index contributed by atoms with van der Waals surface area (Å²) >= 11 is 0. The maximum atomic E-state index is 12.0. The summed E-state index contributed by atoms with van der Waals surface area (Å²) < 4.78 is 5.43. The molecule has 0 atom stereocenters. The van der Waals surface area contributed by atoms with Crippen LogP contribution in [0.4, 0.5) is 11.4 Å². The lowest BCUT2D eigenvalue weighted by Gasteiger charge is -2.19. The molecule has 0 aliphatic carbocycles. The van der Waals surface area contributed by atoms with Gasteiger partial charge in [-0.3, -0.25) is 25.2 Å². The van der Waals surface area contributed by atoms with Crippen LogP contribution in [0.2, 0.25) is 0 Å². The second-order valence-electron chi connectivity index (χ2n) is 7.03. The number of benzene rings is 2. The molecule has 3 amide bonds. The van der Waals surface area contributed by atoms with E-state index in [1.807, 2.05) is 42.5 Å². The fraction of sp³-hybridized carbons (Fsp3) is 0.318. The van der Waals surface area contributed by atoms with E-state index < -0.39 is 11.8 Å². The molecule has 158 valence electrons. The molecule has 1 heterocycles. The molecule has 1 aliphatic heterocycles. The number of hydrazine groups is 1. The number of para-hydroxylation sites is 1. The summed E-state index contributed by atoms with van der Waals surface area (Å²) in [5.41, 5.74) is 6.50. The highest BCUT2D eigenvalue weighted by atomic mass is 16.5. The van der Waals surface area contributed by atoms with Gasteiger partial charge >= 0.3 is 0 Å². The predicted octanol–water partition coefficient (Wildman–Crippen LogP) is 2.36. The SMILES string of the molecule is O=C(COc1ccc(Nc2ccccc2)cc1)NNC(=O)CN1CCCCCC1=O. The van der Waals surface area contributed by atoms with Crippen LogP contribution in [0, 0.1) is 0 Å². The first-order valence-electron chi connectivity index (χ1n) is 10.0. The number of hydrogen-bond acceptors (Lipinski definition) is 5. The van der Waals surface area contributed by atoms with E-state index in [0.717, 1.165) is 30.6 Å². The molecule has 3 rings (SSSR count). The van der Waals surface area contributed by atoms with E-state index in [-0.39, 0.29) is 19.1 Å². The molecule has 3 N–H and O–H groups in total. The van der Waals surface area contributed by atoms with Crippen molar-refractivity contribution >= 4 is 29.1 Å². The molecule has 0 saturated carbocycles. The second-order valence-corrected chi connectivity index (χ2v) is 7.03. The molecule has 0 unspecified atom stereocenters. The van der Waals surface area contributed by atoms with E-state index in [1.54, 1.807) is 12.1 Å². The van der Waals surface area contributed by atoms with Crippen molar-refractivity contribution < 1.29 is 19.1 Å². The van der Waals surface area contributed by atoms with Crippen LogP contribution < -0.4 is 20.9 Å². The molecule has 1 aliphatic rings. The zero-order valence-corrected chi connectivity index (χ0v) is 16.7. The number of nitrogens with zero attached hydrogens (tertiary/aromatic N) is 1. The Kier molecular flexibility index (Phi) is 7.65. The molecular formula is C22H26N4O4. The number of carbonyl (C=O) groups is 3. The average molecular weight is 410 g/mol. The number of anilines is 2. The third kappa shape index (κ3) is 6.80. The van der Waals surface area contributed by atoms with Crippen molar-refractivity contribution in [2.45, 2.75) is 25.7 Å². The summed E-state index contributed by atoms with van der Waals surface area (Å²) in [6.45, 7) is 0.267. The van der Waals surface area contributed by atoms with Crippen LogP contribution in [-0.2, 0) is 14.4 Å². The van der Waals surface area contributed by atoms with Gasteiger partial charge in [0.05, 0.1) is 0 Å². The lowest BCUT2D eigenvalue weighted by Crippen LogP contribution is -2.48. The summed E-state index contributed by atoms with van der Waals surface area (Å²) in [7, 11) is 0. The topological polar surface area (TPSA) is 99.8 Å². The van der Waals surface area contributed by atoms with Gasteiger partial charge in [0.1, 0.15) is 12.3 Å². The van der Waals surface area contributed by atoms with Gasteiger partial charge in [-0.1, -0.05) is 24.6 Å². The van der Waals surface area contributed by atoms with E-state index in [4.69, 9.17) is 4.74 Å². The minimum atomic E-state index is -0.489. The van der Waals surface area contributed by atoms with Crippen molar-refractivity contribution in [3.05, 3.63) is 54.6 Å². The maximum absolute atomic E-state index is 12.0. The minimum Gasteiger partial charge on any atom is -0.484 e. The van der Waals surface area contributed by atoms with Crippen LogP contribution in [0.3, 0.4) is 0 Å². The van der Waals surface area contributed by atoms with Crippen molar-refractivity contribution in [2.75, 3.05) is 25.0 Å². The van der Waals surface area contributed by atoms with Crippen molar-refractivity contribution in [3.8, 4) is 5.75 Å². The van der Waals surface area contributed by atoms with Gasteiger partial charge in [-0.2, -0.15) is 0 Å². The fourth-order valence-corrected chi connectivity index (χ4v) is 3.07. The Morgan fingerprint density at radius 1 is 0.867 bits per heavy atom. The minimum absolute atomic E-state index is 0.0255. The zero-order chi connectivity index (χ0) is 21.2. The van der Waals surface area contributed by atoms with E-state index in [2.05, 4.69) is 16.2 Å². The van der Waals surface area contributed by atoms with Crippen molar-refractivity contribution in [1.29, 1.82) is 0 Å². The molecule has 8 heteroatoms. The van der Waals surface area contributed by atoms with Crippen molar-refractivity contribution in [2.24, 2.45) is 0 Å². The average Bonchev–Trinajstić information content (AvgIpc) is 2.96. The highest BCUT2D eigenvalue weighted by Crippen LogP contribution is 2.19. The van der Waals surface area contributed by atoms with Crippen LogP contribution in [0.1, 0.15) is 25.7 Å². The standard InChI is InChI=1S/C22H26N4O4/c27-20(15-26-14-6-2-5-9-22(26)29)24-25-21(28)16-30-19-12-10-18(11-13-19)23-17-7-3-1-4-8-17/h1,3-4,7-8,10-13,23H,2,5-6,9,14-16H2,(H,24,27)(H,25,28). The van der Waals surface area contributed by atoms with Crippen LogP contribution in [0.5, 0.6) is 5.75 Å². The Morgan fingerprint density at radius 2 is 1.57 bits per heavy atom. The van der Waals surface area contributed by atoms with Crippen LogP contribution >= 0.6 is 0 Å². The Bertz CT molecular complexity index is 855. The molecule has 0 radical (unpaired) electrons. The smallest absolute Gasteiger partial charge is 0.276 e. The van der Waals surface area contributed by atoms with Crippen molar-refractivity contribution in [1.82, 2.24) is 15.8 Å². The normalized spacial score (nSPS) is 13.9. The summed E-state index contributed by atoms with van der Waals surface area (Å²) in [5.74, 6) is -0.417. The van der Waals surface area contributed by atoms with Crippen molar-refractivity contribution in [3.63, 3.8) is 0 Å². The van der Waals surface area contributed by atoms with Gasteiger partial charge in [0.2, 0.25) is 5.91 Å². The second kappa shape index (κ2) is 10.8. The molecular weight excluding hydrogens is 384 g/mol. The molecule has 1 fully saturated rings. The molecule has 8 nitrogen and oxygen atoms in total. The Hall–Kier alpha value is -3.55. The summed E-state index contributed by atoms with van der Waals surface area (Å²) in [4.78, 5) is 37.3. The number of amides is 3. The van der Waals surface area contributed by atoms with Crippen LogP contribution in [-0.4, -0.2) is 42.3 Å². The number of likely N-dealkylation sites (tertiary alicyclic amines) is 1. The van der Waals surface area contributed by atoms with E-state index >= 15 is 0 Å². The van der Waals surface area contributed by atoms with E-state index in [1.165, 1.54) is 4.90 Å². The molecule has 0 bridgehead atoms. The van der Waals surface area contributed by atoms with E-state index in [0.29, 0.717) is 18.7 Å². The summed E-state index contributed by atoms with van der Waals surface area (Å²) in [6, 6.07) is 17.0. The van der Waals surface area contributed by atoms with Gasteiger partial charge in [-0.15, -0.1) is 0 Å². The molecule has 1 saturated heterocycles. The molecule has 0 aromatic heterocycles. The highest BCUT2D eigenvalue weighted by Gasteiger charge is 2.19. The number of rotatable bonds is 7. The molecule has 2 aromatic rings. The van der Waals surface area contributed by atoms with Gasteiger partial charge in [0, 0.05) is 24.3 Å². The first kappa shape index (κ1) is 21.2. The van der Waals surface area contributed by atoms with Gasteiger partial charge in [-0.05, 0) is 49.2 Å². The summed E-state index contributed by atoms with van der Waals surface area (Å²) in [5, 5.41) is 3.26. The van der Waals surface area contributed by atoms with E-state index in [9.17, 15) is 14.4 Å². The highest BCUT2D eigenvalue weighted by molar-refractivity contribution is 5.87. The monoisotopic (exact) mass is 410 g/mol. The van der Waals surface area contributed by atoms with Gasteiger partial charge in [0.25, 0.3) is 11.8 Å². The fourth-order valence-electron chi connectivity index (χ4n) is 3.07. The predicted molar refractivity (Wildman–Crippen MR) is 113 cm³/mol. The first-order chi connectivity index (χ1) is 14.6. The Balaban J connectivity index is 1.37. The quantitative estimate of drug-likeness (QED) is 0.609. The number of nitrogens with one attached hydrogen (secondary N) is 3. The largest absolute Gasteiger partial charge is 0.484 e. The van der Waals surface area contributed by atoms with Crippen LogP contribution in [0.25, 0.3) is 0 Å². The Morgan fingerprint density at radius 3 is 2.33 bits per heavy atom. The van der Waals surface area contributed by atoms with Crippen LogP contribution in [0.15, 0.2) is 54.6 Å². The summed E-state index contributed by atoms with van der Waals surface area (Å²) in [6.07, 6.45) is 3.20. The number of ether oxygens (including phenoxy) is 1. The first-order valence-corrected chi connectivity index (χ1v) is 10.0. The van der Waals surface area contributed by atoms with Gasteiger partial charge in [0.15, 0.2) is 6.61 Å². The zero-order valence-electron chi connectivity index (χ0n) is 16.7. The van der Waals surface area contributed by atoms with Gasteiger partial charge < -0.3 is 15.0 Å². The molecule has 30 heavy (non-hydrogen) atoms. The third-order valence-corrected chi connectivity index (χ3v) is 4.63. The lowest BCUT2D eigenvalue weighted by atomic mass is 10.2.